The molecule has 4 heteroatoms. The van der Waals surface area contributed by atoms with E-state index >= 15 is 0 Å². The Hall–Kier alpha value is -0.610. The lowest BCUT2D eigenvalue weighted by molar-refractivity contribution is -0.152. The summed E-state index contributed by atoms with van der Waals surface area (Å²) in [6.07, 6.45) is 7.22. The SMILES string of the molecule is CNC1CC(=O)N2CC3CCCN4CCCC(C34)C2C1. The van der Waals surface area contributed by atoms with Gasteiger partial charge in [-0.15, -0.1) is 0 Å². The Morgan fingerprint density at radius 2 is 2.00 bits per heavy atom. The lowest BCUT2D eigenvalue weighted by Gasteiger charge is -2.59. The maximum atomic E-state index is 12.5. The van der Waals surface area contributed by atoms with Crippen molar-refractivity contribution in [2.24, 2.45) is 11.8 Å². The number of hydrogen-bond donors (Lipinski definition) is 1. The highest BCUT2D eigenvalue weighted by atomic mass is 16.2. The number of amides is 1. The number of carbonyl (C=O) groups excluding carboxylic acids is 1. The van der Waals surface area contributed by atoms with Gasteiger partial charge in [0.05, 0.1) is 0 Å². The van der Waals surface area contributed by atoms with Gasteiger partial charge < -0.3 is 10.2 Å². The zero-order chi connectivity index (χ0) is 13.7. The van der Waals surface area contributed by atoms with Gasteiger partial charge in [-0.3, -0.25) is 9.69 Å². The molecule has 0 aromatic rings. The molecule has 4 nitrogen and oxygen atoms in total. The molecule has 20 heavy (non-hydrogen) atoms. The zero-order valence-corrected chi connectivity index (χ0v) is 12.6. The zero-order valence-electron chi connectivity index (χ0n) is 12.6. The van der Waals surface area contributed by atoms with E-state index in [1.807, 2.05) is 7.05 Å². The standard InChI is InChI=1S/C16H27N3O/c1-17-12-8-14-13-5-3-7-18-6-2-4-11(16(13)18)10-19(14)15(20)9-12/h11-14,16-17H,2-10H2,1H3. The monoisotopic (exact) mass is 277 g/mol. The average molecular weight is 277 g/mol. The van der Waals surface area contributed by atoms with Crippen molar-refractivity contribution >= 4 is 5.91 Å². The normalized spacial score (nSPS) is 45.0. The minimum Gasteiger partial charge on any atom is -0.339 e. The quantitative estimate of drug-likeness (QED) is 0.779. The van der Waals surface area contributed by atoms with Crippen molar-refractivity contribution in [3.63, 3.8) is 0 Å². The molecule has 0 aliphatic carbocycles. The number of hydrogen-bond acceptors (Lipinski definition) is 3. The van der Waals surface area contributed by atoms with Crippen LogP contribution in [-0.2, 0) is 4.79 Å². The smallest absolute Gasteiger partial charge is 0.224 e. The topological polar surface area (TPSA) is 35.6 Å². The van der Waals surface area contributed by atoms with Gasteiger partial charge in [0.15, 0.2) is 0 Å². The summed E-state index contributed by atoms with van der Waals surface area (Å²) in [5, 5.41) is 3.35. The fourth-order valence-electron chi connectivity index (χ4n) is 5.51. The molecule has 4 heterocycles. The van der Waals surface area contributed by atoms with Gasteiger partial charge in [0.25, 0.3) is 0 Å². The van der Waals surface area contributed by atoms with Crippen LogP contribution in [0.2, 0.25) is 0 Å². The summed E-state index contributed by atoms with van der Waals surface area (Å²) in [5.41, 5.74) is 0. The summed E-state index contributed by atoms with van der Waals surface area (Å²) in [6, 6.07) is 1.69. The third-order valence-electron chi connectivity index (χ3n) is 6.35. The predicted octanol–water partition coefficient (Wildman–Crippen LogP) is 1.07. The highest BCUT2D eigenvalue weighted by molar-refractivity contribution is 5.78. The fourth-order valence-corrected chi connectivity index (χ4v) is 5.51. The molecule has 4 fully saturated rings. The van der Waals surface area contributed by atoms with Gasteiger partial charge in [-0.05, 0) is 64.1 Å². The molecule has 5 atom stereocenters. The molecular formula is C16H27N3O. The Morgan fingerprint density at radius 3 is 2.80 bits per heavy atom. The molecule has 4 aliphatic rings. The van der Waals surface area contributed by atoms with E-state index in [4.69, 9.17) is 0 Å². The molecule has 4 rings (SSSR count). The van der Waals surface area contributed by atoms with Crippen LogP contribution >= 0.6 is 0 Å². The maximum Gasteiger partial charge on any atom is 0.224 e. The van der Waals surface area contributed by atoms with Gasteiger partial charge in [-0.25, -0.2) is 0 Å². The molecule has 112 valence electrons. The number of rotatable bonds is 1. The first-order chi connectivity index (χ1) is 9.78. The maximum absolute atomic E-state index is 12.5. The second kappa shape index (κ2) is 4.99. The van der Waals surface area contributed by atoms with Crippen LogP contribution in [-0.4, -0.2) is 60.5 Å². The molecule has 4 saturated heterocycles. The van der Waals surface area contributed by atoms with Crippen LogP contribution in [0.1, 0.15) is 38.5 Å². The van der Waals surface area contributed by atoms with Crippen molar-refractivity contribution < 1.29 is 4.79 Å². The van der Waals surface area contributed by atoms with Gasteiger partial charge in [0.2, 0.25) is 5.91 Å². The minimum atomic E-state index is 0.402. The van der Waals surface area contributed by atoms with Crippen LogP contribution in [0.4, 0.5) is 0 Å². The lowest BCUT2D eigenvalue weighted by Crippen LogP contribution is -2.68. The first-order valence-corrected chi connectivity index (χ1v) is 8.48. The van der Waals surface area contributed by atoms with Crippen molar-refractivity contribution in [3.05, 3.63) is 0 Å². The third kappa shape index (κ3) is 1.92. The van der Waals surface area contributed by atoms with E-state index in [2.05, 4.69) is 15.1 Å². The molecule has 4 aliphatic heterocycles. The molecular weight excluding hydrogens is 250 g/mol. The second-order valence-corrected chi connectivity index (χ2v) is 7.27. The molecule has 1 amide bonds. The van der Waals surface area contributed by atoms with E-state index in [-0.39, 0.29) is 0 Å². The summed E-state index contributed by atoms with van der Waals surface area (Å²) in [7, 11) is 2.01. The largest absolute Gasteiger partial charge is 0.339 e. The van der Waals surface area contributed by atoms with E-state index < -0.39 is 0 Å². The van der Waals surface area contributed by atoms with Gasteiger partial charge in [-0.2, -0.15) is 0 Å². The van der Waals surface area contributed by atoms with Crippen molar-refractivity contribution in [2.75, 3.05) is 26.7 Å². The molecule has 0 radical (unpaired) electrons. The summed E-state index contributed by atoms with van der Waals surface area (Å²) in [4.78, 5) is 17.5. The Kier molecular flexibility index (Phi) is 3.26. The summed E-state index contributed by atoms with van der Waals surface area (Å²) in [5.74, 6) is 1.89. The first kappa shape index (κ1) is 13.1. The van der Waals surface area contributed by atoms with Gasteiger partial charge in [0.1, 0.15) is 0 Å². The van der Waals surface area contributed by atoms with Gasteiger partial charge in [-0.1, -0.05) is 0 Å². The number of fused-ring (bicyclic) bond motifs is 2. The van der Waals surface area contributed by atoms with E-state index in [9.17, 15) is 4.79 Å². The van der Waals surface area contributed by atoms with Crippen molar-refractivity contribution in [1.82, 2.24) is 15.1 Å². The van der Waals surface area contributed by atoms with Gasteiger partial charge in [0, 0.05) is 31.1 Å². The summed E-state index contributed by atoms with van der Waals surface area (Å²) < 4.78 is 0. The van der Waals surface area contributed by atoms with Gasteiger partial charge >= 0.3 is 0 Å². The van der Waals surface area contributed by atoms with Crippen LogP contribution < -0.4 is 5.32 Å². The second-order valence-electron chi connectivity index (χ2n) is 7.27. The average Bonchev–Trinajstić information content (AvgIpc) is 2.48. The third-order valence-corrected chi connectivity index (χ3v) is 6.35. The fraction of sp³-hybridized carbons (Fsp3) is 0.938. The Labute approximate surface area is 121 Å². The molecule has 5 unspecified atom stereocenters. The van der Waals surface area contributed by atoms with Crippen molar-refractivity contribution in [3.8, 4) is 0 Å². The molecule has 0 saturated carbocycles. The Morgan fingerprint density at radius 1 is 1.20 bits per heavy atom. The molecule has 0 aromatic heterocycles. The van der Waals surface area contributed by atoms with E-state index in [0.717, 1.165) is 24.4 Å². The van der Waals surface area contributed by atoms with Crippen LogP contribution in [0.3, 0.4) is 0 Å². The molecule has 0 bridgehead atoms. The van der Waals surface area contributed by atoms with E-state index in [0.29, 0.717) is 24.4 Å². The predicted molar refractivity (Wildman–Crippen MR) is 78.4 cm³/mol. The number of piperidine rings is 4. The number of carbonyl (C=O) groups is 1. The van der Waals surface area contributed by atoms with Crippen molar-refractivity contribution in [2.45, 2.75) is 56.7 Å². The van der Waals surface area contributed by atoms with E-state index in [1.54, 1.807) is 0 Å². The summed E-state index contributed by atoms with van der Waals surface area (Å²) >= 11 is 0. The van der Waals surface area contributed by atoms with Crippen LogP contribution in [0.15, 0.2) is 0 Å². The summed E-state index contributed by atoms with van der Waals surface area (Å²) in [6.45, 7) is 3.64. The van der Waals surface area contributed by atoms with Crippen molar-refractivity contribution in [1.29, 1.82) is 0 Å². The number of nitrogens with zero attached hydrogens (tertiary/aromatic N) is 2. The number of nitrogens with one attached hydrogen (secondary N) is 1. The minimum absolute atomic E-state index is 0.402. The molecule has 0 aromatic carbocycles. The Balaban J connectivity index is 1.63. The van der Waals surface area contributed by atoms with Crippen LogP contribution in [0.5, 0.6) is 0 Å². The molecule has 1 N–H and O–H groups in total. The van der Waals surface area contributed by atoms with Crippen LogP contribution in [0.25, 0.3) is 0 Å². The van der Waals surface area contributed by atoms with E-state index in [1.165, 1.54) is 45.2 Å². The highest BCUT2D eigenvalue weighted by Crippen LogP contribution is 2.44. The lowest BCUT2D eigenvalue weighted by atomic mass is 9.67. The first-order valence-electron chi connectivity index (χ1n) is 8.48. The highest BCUT2D eigenvalue weighted by Gasteiger charge is 2.51. The molecule has 0 spiro atoms. The van der Waals surface area contributed by atoms with Crippen LogP contribution in [0, 0.1) is 11.8 Å². The Bertz CT molecular complexity index is 397.